The first-order valence-corrected chi connectivity index (χ1v) is 7.43. The highest BCUT2D eigenvalue weighted by Crippen LogP contribution is 2.28. The molecule has 1 aliphatic carbocycles. The van der Waals surface area contributed by atoms with Crippen molar-refractivity contribution in [3.63, 3.8) is 0 Å². The fourth-order valence-electron chi connectivity index (χ4n) is 2.75. The van der Waals surface area contributed by atoms with Crippen LogP contribution in [0.2, 0.25) is 0 Å². The summed E-state index contributed by atoms with van der Waals surface area (Å²) in [6.45, 7) is 1.94. The van der Waals surface area contributed by atoms with Gasteiger partial charge in [0, 0.05) is 6.42 Å². The first kappa shape index (κ1) is 16.6. The molecule has 1 aromatic carbocycles. The zero-order valence-corrected chi connectivity index (χ0v) is 12.5. The number of aromatic hydroxyl groups is 2. The Morgan fingerprint density at radius 3 is 2.64 bits per heavy atom. The second-order valence-corrected chi connectivity index (χ2v) is 5.99. The predicted molar refractivity (Wildman–Crippen MR) is 78.4 cm³/mol. The van der Waals surface area contributed by atoms with Gasteiger partial charge in [0.25, 0.3) is 0 Å². The minimum atomic E-state index is -1.04. The number of carbonyl (C=O) groups excluding carboxylic acids is 1. The van der Waals surface area contributed by atoms with Crippen molar-refractivity contribution >= 4 is 5.97 Å². The van der Waals surface area contributed by atoms with Gasteiger partial charge in [-0.1, -0.05) is 13.0 Å². The Kier molecular flexibility index (Phi) is 5.26. The number of carbonyl (C=O) groups is 1. The van der Waals surface area contributed by atoms with E-state index in [4.69, 9.17) is 4.74 Å². The molecule has 1 saturated carbocycles. The Bertz CT molecular complexity index is 529. The molecule has 0 radical (unpaired) electrons. The topological polar surface area (TPSA) is 107 Å². The van der Waals surface area contributed by atoms with E-state index in [1.807, 2.05) is 6.92 Å². The van der Waals surface area contributed by atoms with Crippen LogP contribution in [0.4, 0.5) is 0 Å². The summed E-state index contributed by atoms with van der Waals surface area (Å²) in [5.74, 6) is -0.715. The standard InChI is InChI=1S/C16H22O6/c1-9-6-13(19)16(21)14(7-9)22-15(20)5-3-10-2-4-11(17)12(18)8-10/h2,4,8-9,13-14,16-19,21H,3,5-7H2,1H3. The van der Waals surface area contributed by atoms with E-state index in [0.29, 0.717) is 24.8 Å². The third-order valence-electron chi connectivity index (χ3n) is 3.99. The van der Waals surface area contributed by atoms with Crippen molar-refractivity contribution in [1.82, 2.24) is 0 Å². The van der Waals surface area contributed by atoms with Gasteiger partial charge in [0.05, 0.1) is 6.10 Å². The quantitative estimate of drug-likeness (QED) is 0.490. The van der Waals surface area contributed by atoms with E-state index in [1.165, 1.54) is 12.1 Å². The van der Waals surface area contributed by atoms with Crippen LogP contribution in [0, 0.1) is 5.92 Å². The lowest BCUT2D eigenvalue weighted by Gasteiger charge is -2.34. The van der Waals surface area contributed by atoms with E-state index >= 15 is 0 Å². The van der Waals surface area contributed by atoms with E-state index in [9.17, 15) is 25.2 Å². The van der Waals surface area contributed by atoms with Crippen molar-refractivity contribution in [2.45, 2.75) is 50.9 Å². The highest BCUT2D eigenvalue weighted by molar-refractivity contribution is 5.70. The summed E-state index contributed by atoms with van der Waals surface area (Å²) < 4.78 is 5.26. The molecular formula is C16H22O6. The Balaban J connectivity index is 1.86. The number of hydrogen-bond acceptors (Lipinski definition) is 6. The zero-order valence-electron chi connectivity index (χ0n) is 12.5. The summed E-state index contributed by atoms with van der Waals surface area (Å²) in [7, 11) is 0. The Hall–Kier alpha value is -1.79. The number of ether oxygens (including phenoxy) is 1. The molecule has 0 saturated heterocycles. The van der Waals surface area contributed by atoms with Gasteiger partial charge in [0.15, 0.2) is 11.5 Å². The van der Waals surface area contributed by atoms with E-state index in [-0.39, 0.29) is 23.8 Å². The lowest BCUT2D eigenvalue weighted by molar-refractivity contribution is -0.167. The van der Waals surface area contributed by atoms with Crippen LogP contribution in [0.25, 0.3) is 0 Å². The fraction of sp³-hybridized carbons (Fsp3) is 0.562. The smallest absolute Gasteiger partial charge is 0.306 e. The maximum Gasteiger partial charge on any atom is 0.306 e. The summed E-state index contributed by atoms with van der Waals surface area (Å²) in [6.07, 6.45) is -1.11. The Morgan fingerprint density at radius 1 is 1.23 bits per heavy atom. The molecule has 6 nitrogen and oxygen atoms in total. The molecule has 0 bridgehead atoms. The zero-order chi connectivity index (χ0) is 16.3. The average molecular weight is 310 g/mol. The fourth-order valence-corrected chi connectivity index (χ4v) is 2.75. The molecule has 0 aliphatic heterocycles. The van der Waals surface area contributed by atoms with Crippen LogP contribution < -0.4 is 0 Å². The lowest BCUT2D eigenvalue weighted by Crippen LogP contribution is -2.46. The summed E-state index contributed by atoms with van der Waals surface area (Å²) in [6, 6.07) is 4.37. The van der Waals surface area contributed by atoms with Crippen molar-refractivity contribution < 1.29 is 30.0 Å². The van der Waals surface area contributed by atoms with Gasteiger partial charge < -0.3 is 25.2 Å². The molecule has 4 atom stereocenters. The van der Waals surface area contributed by atoms with Crippen molar-refractivity contribution in [2.75, 3.05) is 0 Å². The normalized spacial score (nSPS) is 28.3. The number of aliphatic hydroxyl groups is 2. The number of phenols is 2. The number of hydrogen-bond donors (Lipinski definition) is 4. The molecule has 0 spiro atoms. The average Bonchev–Trinajstić information content (AvgIpc) is 2.45. The second-order valence-electron chi connectivity index (χ2n) is 5.99. The third kappa shape index (κ3) is 4.11. The van der Waals surface area contributed by atoms with Gasteiger partial charge >= 0.3 is 5.97 Å². The Labute approximate surface area is 129 Å². The molecule has 1 aromatic rings. The van der Waals surface area contributed by atoms with E-state index < -0.39 is 24.3 Å². The predicted octanol–water partition coefficient (Wildman–Crippen LogP) is 1.09. The largest absolute Gasteiger partial charge is 0.504 e. The van der Waals surface area contributed by atoms with E-state index in [0.717, 1.165) is 0 Å². The molecule has 0 amide bonds. The van der Waals surface area contributed by atoms with Crippen LogP contribution in [-0.4, -0.2) is 44.7 Å². The molecule has 22 heavy (non-hydrogen) atoms. The minimum Gasteiger partial charge on any atom is -0.504 e. The molecule has 1 aliphatic rings. The molecule has 1 fully saturated rings. The van der Waals surface area contributed by atoms with Crippen LogP contribution in [0.5, 0.6) is 11.5 Å². The van der Waals surface area contributed by atoms with E-state index in [2.05, 4.69) is 0 Å². The van der Waals surface area contributed by atoms with Crippen LogP contribution in [0.3, 0.4) is 0 Å². The number of phenolic OH excluding ortho intramolecular Hbond substituents is 2. The van der Waals surface area contributed by atoms with Crippen molar-refractivity contribution in [2.24, 2.45) is 5.92 Å². The molecule has 4 unspecified atom stereocenters. The molecule has 2 rings (SSSR count). The van der Waals surface area contributed by atoms with Gasteiger partial charge in [0.2, 0.25) is 0 Å². The van der Waals surface area contributed by atoms with Gasteiger partial charge in [-0.2, -0.15) is 0 Å². The monoisotopic (exact) mass is 310 g/mol. The molecular weight excluding hydrogens is 288 g/mol. The SMILES string of the molecule is CC1CC(O)C(O)C(OC(=O)CCc2ccc(O)c(O)c2)C1. The molecule has 0 aromatic heterocycles. The summed E-state index contributed by atoms with van der Waals surface area (Å²) in [5.41, 5.74) is 0.699. The Morgan fingerprint density at radius 2 is 1.95 bits per heavy atom. The minimum absolute atomic E-state index is 0.0952. The summed E-state index contributed by atoms with van der Waals surface area (Å²) in [5, 5.41) is 38.2. The maximum atomic E-state index is 11.9. The van der Waals surface area contributed by atoms with Gasteiger partial charge in [-0.15, -0.1) is 0 Å². The maximum absolute atomic E-state index is 11.9. The molecule has 6 heteroatoms. The van der Waals surface area contributed by atoms with Gasteiger partial charge in [-0.05, 0) is 42.9 Å². The molecule has 0 heterocycles. The number of aryl methyl sites for hydroxylation is 1. The molecule has 122 valence electrons. The first-order valence-electron chi connectivity index (χ1n) is 7.43. The van der Waals surface area contributed by atoms with Gasteiger partial charge in [-0.25, -0.2) is 0 Å². The first-order chi connectivity index (χ1) is 10.4. The highest BCUT2D eigenvalue weighted by atomic mass is 16.6. The van der Waals surface area contributed by atoms with Crippen molar-refractivity contribution in [3.8, 4) is 11.5 Å². The van der Waals surface area contributed by atoms with Crippen molar-refractivity contribution in [1.29, 1.82) is 0 Å². The van der Waals surface area contributed by atoms with Crippen LogP contribution >= 0.6 is 0 Å². The number of rotatable bonds is 4. The second kappa shape index (κ2) is 6.98. The van der Waals surface area contributed by atoms with Crippen LogP contribution in [0.1, 0.15) is 31.7 Å². The molecule has 4 N–H and O–H groups in total. The van der Waals surface area contributed by atoms with Crippen molar-refractivity contribution in [3.05, 3.63) is 23.8 Å². The van der Waals surface area contributed by atoms with Gasteiger partial charge in [-0.3, -0.25) is 4.79 Å². The number of benzene rings is 1. The van der Waals surface area contributed by atoms with E-state index in [1.54, 1.807) is 6.07 Å². The lowest BCUT2D eigenvalue weighted by atomic mass is 9.84. The summed E-state index contributed by atoms with van der Waals surface area (Å²) >= 11 is 0. The summed E-state index contributed by atoms with van der Waals surface area (Å²) in [4.78, 5) is 11.9. The van der Waals surface area contributed by atoms with Gasteiger partial charge in [0.1, 0.15) is 12.2 Å². The highest BCUT2D eigenvalue weighted by Gasteiger charge is 2.36. The third-order valence-corrected chi connectivity index (χ3v) is 3.99. The number of aliphatic hydroxyl groups excluding tert-OH is 2. The number of esters is 1. The van der Waals surface area contributed by atoms with Crippen LogP contribution in [0.15, 0.2) is 18.2 Å². The van der Waals surface area contributed by atoms with Crippen LogP contribution in [-0.2, 0) is 16.0 Å².